The number of carbonyl (C=O) groups is 3. The summed E-state index contributed by atoms with van der Waals surface area (Å²) in [6.45, 7) is 0.824. The Labute approximate surface area is 252 Å². The zero-order chi connectivity index (χ0) is 29.7. The fourth-order valence-electron chi connectivity index (χ4n) is 6.18. The summed E-state index contributed by atoms with van der Waals surface area (Å²) < 4.78 is 12.1. The van der Waals surface area contributed by atoms with E-state index in [1.807, 2.05) is 12.1 Å². The molecule has 0 atom stereocenters. The SMILES string of the molecule is O=C([O-])c1ccnc(-c2ccc3c(c2)C(=O)CC2(CCN(C(=O)c4cc(OCCl)c5cccc(C6CC6)c5n4)CC2)O3)c1. The number of piperidine rings is 1. The van der Waals surface area contributed by atoms with E-state index < -0.39 is 11.6 Å². The minimum absolute atomic E-state index is 0.00981. The van der Waals surface area contributed by atoms with E-state index in [1.165, 1.54) is 18.3 Å². The van der Waals surface area contributed by atoms with Gasteiger partial charge in [0.05, 0.1) is 29.2 Å². The van der Waals surface area contributed by atoms with Crippen LogP contribution in [0, 0.1) is 0 Å². The summed E-state index contributed by atoms with van der Waals surface area (Å²) in [7, 11) is 0. The second kappa shape index (κ2) is 10.6. The molecular formula is C33H27ClN3O6-. The first-order valence-corrected chi connectivity index (χ1v) is 14.8. The second-order valence-electron chi connectivity index (χ2n) is 11.4. The van der Waals surface area contributed by atoms with Gasteiger partial charge in [0, 0.05) is 54.7 Å². The number of Topliss-reactive ketones (excluding diaryl/α,β-unsaturated/α-hetero) is 1. The fraction of sp³-hybridized carbons (Fsp3) is 0.303. The molecule has 2 fully saturated rings. The molecule has 0 radical (unpaired) electrons. The van der Waals surface area contributed by atoms with E-state index in [1.54, 1.807) is 29.2 Å². The summed E-state index contributed by atoms with van der Waals surface area (Å²) in [5, 5.41) is 12.1. The Bertz CT molecular complexity index is 1800. The van der Waals surface area contributed by atoms with Crippen LogP contribution in [0.1, 0.15) is 74.8 Å². The third-order valence-corrected chi connectivity index (χ3v) is 8.73. The van der Waals surface area contributed by atoms with Gasteiger partial charge in [0.15, 0.2) is 11.8 Å². The van der Waals surface area contributed by atoms with Gasteiger partial charge in [0.1, 0.15) is 22.8 Å². The van der Waals surface area contributed by atoms with Crippen LogP contribution < -0.4 is 14.6 Å². The predicted octanol–water partition coefficient (Wildman–Crippen LogP) is 4.75. The monoisotopic (exact) mass is 596 g/mol. The molecular weight excluding hydrogens is 570 g/mol. The maximum absolute atomic E-state index is 13.7. The van der Waals surface area contributed by atoms with Crippen molar-refractivity contribution in [3.8, 4) is 22.8 Å². The molecule has 4 aromatic rings. The summed E-state index contributed by atoms with van der Waals surface area (Å²) in [5.74, 6) is -0.0914. The van der Waals surface area contributed by atoms with Gasteiger partial charge in [-0.05, 0) is 60.7 Å². The number of ketones is 1. The van der Waals surface area contributed by atoms with Gasteiger partial charge in [0.25, 0.3) is 5.91 Å². The van der Waals surface area contributed by atoms with Crippen LogP contribution >= 0.6 is 11.6 Å². The lowest BCUT2D eigenvalue weighted by Crippen LogP contribution is -2.52. The number of alkyl halides is 1. The smallest absolute Gasteiger partial charge is 0.272 e. The van der Waals surface area contributed by atoms with Crippen LogP contribution in [0.2, 0.25) is 0 Å². The molecule has 2 aromatic carbocycles. The van der Waals surface area contributed by atoms with Gasteiger partial charge in [-0.3, -0.25) is 14.6 Å². The second-order valence-corrected chi connectivity index (χ2v) is 11.6. The highest BCUT2D eigenvalue weighted by Gasteiger charge is 2.44. The Kier molecular flexibility index (Phi) is 6.77. The lowest BCUT2D eigenvalue weighted by atomic mass is 9.82. The molecule has 218 valence electrons. The molecule has 0 bridgehead atoms. The highest BCUT2D eigenvalue weighted by atomic mass is 35.5. The Morgan fingerprint density at radius 3 is 2.65 bits per heavy atom. The van der Waals surface area contributed by atoms with Crippen LogP contribution in [0.25, 0.3) is 22.2 Å². The van der Waals surface area contributed by atoms with E-state index >= 15 is 0 Å². The Morgan fingerprint density at radius 1 is 1.09 bits per heavy atom. The number of ether oxygens (including phenoxy) is 2. The van der Waals surface area contributed by atoms with E-state index in [-0.39, 0.29) is 29.7 Å². The van der Waals surface area contributed by atoms with E-state index in [4.69, 9.17) is 26.1 Å². The van der Waals surface area contributed by atoms with Gasteiger partial charge < -0.3 is 24.3 Å². The third kappa shape index (κ3) is 5.07. The Balaban J connectivity index is 1.10. The molecule has 10 heteroatoms. The highest BCUT2D eigenvalue weighted by Crippen LogP contribution is 2.44. The van der Waals surface area contributed by atoms with E-state index in [2.05, 4.69) is 11.1 Å². The lowest BCUT2D eigenvalue weighted by Gasteiger charge is -2.44. The van der Waals surface area contributed by atoms with Crippen LogP contribution in [0.3, 0.4) is 0 Å². The number of aromatic carboxylic acids is 1. The van der Waals surface area contributed by atoms with Crippen molar-refractivity contribution in [1.29, 1.82) is 0 Å². The van der Waals surface area contributed by atoms with E-state index in [0.717, 1.165) is 29.3 Å². The normalized spacial score (nSPS) is 17.4. The maximum atomic E-state index is 13.7. The van der Waals surface area contributed by atoms with E-state index in [9.17, 15) is 19.5 Å². The number of carboxylic acid groups (broad SMARTS) is 1. The molecule has 1 saturated heterocycles. The zero-order valence-electron chi connectivity index (χ0n) is 23.2. The number of rotatable bonds is 6. The van der Waals surface area contributed by atoms with Crippen molar-refractivity contribution in [3.05, 3.63) is 83.2 Å². The molecule has 4 heterocycles. The predicted molar refractivity (Wildman–Crippen MR) is 157 cm³/mol. The molecule has 1 aliphatic carbocycles. The zero-order valence-corrected chi connectivity index (χ0v) is 23.9. The topological polar surface area (TPSA) is 122 Å². The first kappa shape index (κ1) is 27.3. The molecule has 3 aliphatic rings. The van der Waals surface area contributed by atoms with Crippen molar-refractivity contribution < 1.29 is 29.0 Å². The first-order valence-electron chi connectivity index (χ1n) is 14.3. The molecule has 9 nitrogen and oxygen atoms in total. The molecule has 1 saturated carbocycles. The number of amides is 1. The number of halogens is 1. The summed E-state index contributed by atoms with van der Waals surface area (Å²) in [6.07, 6.45) is 4.78. The van der Waals surface area contributed by atoms with Crippen molar-refractivity contribution >= 4 is 40.2 Å². The summed E-state index contributed by atoms with van der Waals surface area (Å²) in [5.41, 5.74) is 2.99. The molecule has 0 unspecified atom stereocenters. The standard InChI is InChI=1S/C33H28ClN3O6/c34-18-42-29-16-26(36-30-22(19-4-5-19)2-1-3-23(29)30)31(39)37-12-9-33(10-13-37)17-27(38)24-14-20(6-7-28(24)43-33)25-15-21(32(40)41)8-11-35-25/h1-3,6-8,11,14-16,19H,4-5,9-10,12-13,17-18H2,(H,40,41)/p-1. The van der Waals surface area contributed by atoms with Crippen LogP contribution in [0.4, 0.5) is 0 Å². The Morgan fingerprint density at radius 2 is 1.91 bits per heavy atom. The third-order valence-electron chi connectivity index (χ3n) is 8.62. The van der Waals surface area contributed by atoms with Gasteiger partial charge in [-0.15, -0.1) is 0 Å². The van der Waals surface area contributed by atoms with Crippen molar-refractivity contribution in [2.45, 2.75) is 43.6 Å². The summed E-state index contributed by atoms with van der Waals surface area (Å²) >= 11 is 5.91. The molecule has 2 aromatic heterocycles. The van der Waals surface area contributed by atoms with Crippen molar-refractivity contribution in [2.24, 2.45) is 0 Å². The summed E-state index contributed by atoms with van der Waals surface area (Å²) in [6, 6.07) is 15.6. The molecule has 2 aliphatic heterocycles. The quantitative estimate of drug-likeness (QED) is 0.292. The number of carboxylic acids is 1. The van der Waals surface area contributed by atoms with Gasteiger partial charge >= 0.3 is 0 Å². The van der Waals surface area contributed by atoms with Crippen molar-refractivity contribution in [1.82, 2.24) is 14.9 Å². The van der Waals surface area contributed by atoms with Crippen LogP contribution in [-0.4, -0.2) is 57.3 Å². The number of likely N-dealkylation sites (tertiary alicyclic amines) is 1. The highest BCUT2D eigenvalue weighted by molar-refractivity contribution is 6.17. The number of hydrogen-bond donors (Lipinski definition) is 0. The van der Waals surface area contributed by atoms with Gasteiger partial charge in [-0.1, -0.05) is 23.7 Å². The molecule has 43 heavy (non-hydrogen) atoms. The number of benzene rings is 2. The van der Waals surface area contributed by atoms with E-state index in [0.29, 0.717) is 65.9 Å². The average molecular weight is 597 g/mol. The number of hydrogen-bond acceptors (Lipinski definition) is 8. The number of aromatic nitrogens is 2. The first-order chi connectivity index (χ1) is 20.8. The fourth-order valence-corrected chi connectivity index (χ4v) is 6.30. The number of pyridine rings is 2. The van der Waals surface area contributed by atoms with Gasteiger partial charge in [-0.2, -0.15) is 0 Å². The number of fused-ring (bicyclic) bond motifs is 2. The number of para-hydroxylation sites is 1. The molecule has 1 spiro atoms. The lowest BCUT2D eigenvalue weighted by molar-refractivity contribution is -0.255. The minimum Gasteiger partial charge on any atom is -0.545 e. The van der Waals surface area contributed by atoms with Gasteiger partial charge in [-0.25, -0.2) is 4.98 Å². The van der Waals surface area contributed by atoms with Crippen molar-refractivity contribution in [2.75, 3.05) is 19.2 Å². The Hall–Kier alpha value is -4.50. The van der Waals surface area contributed by atoms with Crippen LogP contribution in [0.15, 0.2) is 60.8 Å². The molecule has 1 amide bonds. The van der Waals surface area contributed by atoms with Crippen LogP contribution in [0.5, 0.6) is 11.5 Å². The molecule has 7 rings (SSSR count). The van der Waals surface area contributed by atoms with Crippen molar-refractivity contribution in [3.63, 3.8) is 0 Å². The van der Waals surface area contributed by atoms with Crippen LogP contribution in [-0.2, 0) is 0 Å². The van der Waals surface area contributed by atoms with Gasteiger partial charge in [0.2, 0.25) is 0 Å². The number of nitrogens with zero attached hydrogens (tertiary/aromatic N) is 3. The molecule has 0 N–H and O–H groups in total. The maximum Gasteiger partial charge on any atom is 0.272 e. The average Bonchev–Trinajstić information content (AvgIpc) is 3.86. The summed E-state index contributed by atoms with van der Waals surface area (Å²) in [4.78, 5) is 49.1. The number of carbonyl (C=O) groups excluding carboxylic acids is 3. The largest absolute Gasteiger partial charge is 0.545 e. The minimum atomic E-state index is -1.30.